The van der Waals surface area contributed by atoms with Crippen molar-refractivity contribution in [3.8, 4) is 6.01 Å². The molecule has 0 aliphatic rings. The average molecular weight is 276 g/mol. The zero-order valence-corrected chi connectivity index (χ0v) is 11.6. The number of hydrogen-bond acceptors (Lipinski definition) is 6. The molecule has 5 nitrogen and oxygen atoms in total. The normalized spacial score (nSPS) is 10.4. The van der Waals surface area contributed by atoms with Crippen LogP contribution < -0.4 is 10.5 Å². The van der Waals surface area contributed by atoms with Crippen LogP contribution in [-0.2, 0) is 5.75 Å². The highest BCUT2D eigenvalue weighted by molar-refractivity contribution is 7.98. The molecule has 0 saturated carbocycles. The van der Waals surface area contributed by atoms with Gasteiger partial charge in [-0.3, -0.25) is 0 Å². The number of rotatable bonds is 6. The van der Waals surface area contributed by atoms with Crippen molar-refractivity contribution in [3.05, 3.63) is 35.9 Å². The highest BCUT2D eigenvalue weighted by Gasteiger charge is 2.06. The van der Waals surface area contributed by atoms with Gasteiger partial charge in [-0.15, -0.1) is 0 Å². The molecular formula is C13H16N4OS. The summed E-state index contributed by atoms with van der Waals surface area (Å²) in [6, 6.07) is 10.4. The van der Waals surface area contributed by atoms with Crippen LogP contribution >= 0.6 is 11.8 Å². The predicted molar refractivity (Wildman–Crippen MR) is 76.0 cm³/mol. The molecule has 0 amide bonds. The first-order valence-electron chi connectivity index (χ1n) is 6.09. The average Bonchev–Trinajstić information content (AvgIpc) is 2.43. The van der Waals surface area contributed by atoms with Crippen LogP contribution in [0.1, 0.15) is 18.9 Å². The van der Waals surface area contributed by atoms with Crippen molar-refractivity contribution in [1.82, 2.24) is 15.0 Å². The number of hydrogen-bond donors (Lipinski definition) is 1. The molecule has 1 aromatic heterocycles. The molecule has 0 aliphatic heterocycles. The van der Waals surface area contributed by atoms with Crippen molar-refractivity contribution in [1.29, 1.82) is 0 Å². The van der Waals surface area contributed by atoms with Crippen LogP contribution in [0.15, 0.2) is 35.5 Å². The van der Waals surface area contributed by atoms with Crippen molar-refractivity contribution < 1.29 is 4.74 Å². The summed E-state index contributed by atoms with van der Waals surface area (Å²) >= 11 is 1.51. The maximum absolute atomic E-state index is 5.64. The zero-order valence-electron chi connectivity index (χ0n) is 10.7. The lowest BCUT2D eigenvalue weighted by molar-refractivity contribution is 0.288. The van der Waals surface area contributed by atoms with E-state index < -0.39 is 0 Å². The van der Waals surface area contributed by atoms with Gasteiger partial charge in [0.05, 0.1) is 6.61 Å². The van der Waals surface area contributed by atoms with Crippen LogP contribution in [0, 0.1) is 0 Å². The van der Waals surface area contributed by atoms with E-state index in [2.05, 4.69) is 27.1 Å². The first-order chi connectivity index (χ1) is 9.28. The fraction of sp³-hybridized carbons (Fsp3) is 0.308. The maximum atomic E-state index is 5.64. The summed E-state index contributed by atoms with van der Waals surface area (Å²) < 4.78 is 5.37. The van der Waals surface area contributed by atoms with E-state index in [9.17, 15) is 0 Å². The lowest BCUT2D eigenvalue weighted by atomic mass is 10.2. The molecule has 0 spiro atoms. The smallest absolute Gasteiger partial charge is 0.322 e. The van der Waals surface area contributed by atoms with Gasteiger partial charge in [-0.05, 0) is 12.0 Å². The number of nitrogen functional groups attached to an aromatic ring is 1. The molecule has 0 saturated heterocycles. The van der Waals surface area contributed by atoms with Gasteiger partial charge < -0.3 is 10.5 Å². The Hall–Kier alpha value is -1.82. The van der Waals surface area contributed by atoms with E-state index in [0.717, 1.165) is 12.2 Å². The van der Waals surface area contributed by atoms with Gasteiger partial charge in [0.15, 0.2) is 5.16 Å². The van der Waals surface area contributed by atoms with Crippen LogP contribution in [0.25, 0.3) is 0 Å². The Kier molecular flexibility index (Phi) is 4.97. The van der Waals surface area contributed by atoms with Crippen molar-refractivity contribution in [3.63, 3.8) is 0 Å². The van der Waals surface area contributed by atoms with Gasteiger partial charge in [0.1, 0.15) is 0 Å². The first-order valence-corrected chi connectivity index (χ1v) is 7.07. The molecule has 19 heavy (non-hydrogen) atoms. The molecule has 1 heterocycles. The van der Waals surface area contributed by atoms with Crippen LogP contribution in [0.2, 0.25) is 0 Å². The van der Waals surface area contributed by atoms with Gasteiger partial charge in [-0.25, -0.2) is 0 Å². The predicted octanol–water partition coefficient (Wildman–Crippen LogP) is 2.53. The van der Waals surface area contributed by atoms with E-state index in [1.54, 1.807) is 0 Å². The van der Waals surface area contributed by atoms with Crippen LogP contribution in [0.5, 0.6) is 6.01 Å². The summed E-state index contributed by atoms with van der Waals surface area (Å²) in [5, 5.41) is 0.586. The van der Waals surface area contributed by atoms with E-state index in [1.807, 2.05) is 25.1 Å². The number of aromatic nitrogens is 3. The minimum Gasteiger partial charge on any atom is -0.463 e. The second-order valence-corrected chi connectivity index (χ2v) is 4.82. The lowest BCUT2D eigenvalue weighted by Crippen LogP contribution is -2.05. The molecule has 0 unspecified atom stereocenters. The monoisotopic (exact) mass is 276 g/mol. The van der Waals surface area contributed by atoms with Crippen molar-refractivity contribution >= 4 is 17.7 Å². The third-order valence-corrected chi connectivity index (χ3v) is 3.18. The molecule has 0 aliphatic carbocycles. The topological polar surface area (TPSA) is 73.9 Å². The number of benzene rings is 1. The Morgan fingerprint density at radius 3 is 2.68 bits per heavy atom. The molecule has 2 N–H and O–H groups in total. The maximum Gasteiger partial charge on any atom is 0.322 e. The van der Waals surface area contributed by atoms with Gasteiger partial charge in [0, 0.05) is 5.75 Å². The molecule has 2 aromatic rings. The molecule has 0 atom stereocenters. The van der Waals surface area contributed by atoms with Crippen LogP contribution in [0.3, 0.4) is 0 Å². The van der Waals surface area contributed by atoms with E-state index in [-0.39, 0.29) is 5.95 Å². The fourth-order valence-corrected chi connectivity index (χ4v) is 2.19. The van der Waals surface area contributed by atoms with Gasteiger partial charge in [0.2, 0.25) is 5.95 Å². The Labute approximate surface area is 116 Å². The number of ether oxygens (including phenoxy) is 1. The summed E-state index contributed by atoms with van der Waals surface area (Å²) in [5.74, 6) is 0.981. The number of anilines is 1. The molecular weight excluding hydrogens is 260 g/mol. The van der Waals surface area contributed by atoms with Gasteiger partial charge in [-0.1, -0.05) is 49.0 Å². The van der Waals surface area contributed by atoms with Gasteiger partial charge in [0.25, 0.3) is 0 Å². The van der Waals surface area contributed by atoms with Crippen molar-refractivity contribution in [2.75, 3.05) is 12.3 Å². The van der Waals surface area contributed by atoms with E-state index in [4.69, 9.17) is 10.5 Å². The van der Waals surface area contributed by atoms with E-state index in [0.29, 0.717) is 17.8 Å². The summed E-state index contributed by atoms with van der Waals surface area (Å²) in [4.78, 5) is 12.3. The Morgan fingerprint density at radius 2 is 1.95 bits per heavy atom. The second-order valence-electron chi connectivity index (χ2n) is 3.88. The largest absolute Gasteiger partial charge is 0.463 e. The number of thioether (sulfide) groups is 1. The molecule has 0 bridgehead atoms. The summed E-state index contributed by atoms with van der Waals surface area (Å²) in [6.07, 6.45) is 0.901. The number of nitrogens with two attached hydrogens (primary N) is 1. The van der Waals surface area contributed by atoms with E-state index in [1.165, 1.54) is 17.3 Å². The summed E-state index contributed by atoms with van der Waals surface area (Å²) in [6.45, 7) is 2.60. The summed E-state index contributed by atoms with van der Waals surface area (Å²) in [7, 11) is 0. The van der Waals surface area contributed by atoms with Crippen molar-refractivity contribution in [2.24, 2.45) is 0 Å². The van der Waals surface area contributed by atoms with E-state index >= 15 is 0 Å². The quantitative estimate of drug-likeness (QED) is 0.817. The van der Waals surface area contributed by atoms with Crippen LogP contribution in [-0.4, -0.2) is 21.6 Å². The molecule has 0 fully saturated rings. The Morgan fingerprint density at radius 1 is 1.16 bits per heavy atom. The third-order valence-electron chi connectivity index (χ3n) is 2.26. The van der Waals surface area contributed by atoms with Crippen LogP contribution in [0.4, 0.5) is 5.95 Å². The summed E-state index contributed by atoms with van der Waals surface area (Å²) in [5.41, 5.74) is 6.86. The van der Waals surface area contributed by atoms with Gasteiger partial charge >= 0.3 is 6.01 Å². The first kappa shape index (κ1) is 13.6. The minimum absolute atomic E-state index is 0.191. The minimum atomic E-state index is 0.191. The molecule has 2 rings (SSSR count). The molecule has 6 heteroatoms. The number of nitrogens with zero attached hydrogens (tertiary/aromatic N) is 3. The lowest BCUT2D eigenvalue weighted by Gasteiger charge is -2.05. The van der Waals surface area contributed by atoms with Crippen molar-refractivity contribution in [2.45, 2.75) is 24.3 Å². The SMILES string of the molecule is CCCOc1nc(N)nc(SCc2ccccc2)n1. The molecule has 1 aromatic carbocycles. The fourth-order valence-electron chi connectivity index (χ4n) is 1.40. The third kappa shape index (κ3) is 4.40. The highest BCUT2D eigenvalue weighted by atomic mass is 32.2. The Bertz CT molecular complexity index is 521. The molecule has 0 radical (unpaired) electrons. The second kappa shape index (κ2) is 6.94. The Balaban J connectivity index is 2.01. The molecule has 100 valence electrons. The highest BCUT2D eigenvalue weighted by Crippen LogP contribution is 2.21. The standard InChI is InChI=1S/C13H16N4OS/c1-2-8-18-12-15-11(14)16-13(17-12)19-9-10-6-4-3-5-7-10/h3-7H,2,8-9H2,1H3,(H2,14,15,16,17). The van der Waals surface area contributed by atoms with Gasteiger partial charge in [-0.2, -0.15) is 15.0 Å². The zero-order chi connectivity index (χ0) is 13.5.